The number of ketones is 2. The van der Waals surface area contributed by atoms with Gasteiger partial charge in [-0.25, -0.2) is 0 Å². The number of aromatic hydroxyl groups is 1. The summed E-state index contributed by atoms with van der Waals surface area (Å²) in [5.74, 6) is 7.13. The predicted octanol–water partition coefficient (Wildman–Crippen LogP) is 3.27. The number of methoxy groups -OCH3 is 1. The first-order chi connectivity index (χ1) is 19.8. The second-order valence-corrected chi connectivity index (χ2v) is 12.2. The van der Waals surface area contributed by atoms with Crippen LogP contribution < -0.4 is 10.1 Å². The number of aliphatic hydroxyl groups is 3. The largest absolute Gasteiger partial charge is 0.504 e. The summed E-state index contributed by atoms with van der Waals surface area (Å²) in [7, 11) is 1.49. The standard InChI is InChI=1S/C33H47NO7/c1-41-33-17-23-9-12-31(39)27(11-8-22(5-3-14-35)28(23)19-32(33)40)30(38)6-2-4-21(13-15-36)25-16-24-7-10-26(37)18-29(24)34-20-25/h17,19,21-22,24-25,27,29-30,34-36,38,40H,2-7,9-10,12-16,18,20H2,1H3/t21-,22-,24-,25+,27-,29-,30-/m1/s1. The number of ether oxygens (including phenoxy) is 1. The number of benzene rings is 1. The molecule has 41 heavy (non-hydrogen) atoms. The highest BCUT2D eigenvalue weighted by Crippen LogP contribution is 2.38. The van der Waals surface area contributed by atoms with E-state index in [4.69, 9.17) is 4.74 Å². The SMILES string of the molecule is COc1cc2c(cc1O)[C@H](CCCO)C#C[C@H]([C@H](O)CCC[C@H](CCO)[C@@H]1CN[C@@H]3CC(=O)CC[C@@H]3C1)C(=O)CC2. The third-order valence-electron chi connectivity index (χ3n) is 9.55. The maximum Gasteiger partial charge on any atom is 0.160 e. The number of nitrogens with one attached hydrogen (secondary N) is 1. The Kier molecular flexibility index (Phi) is 11.6. The fourth-order valence-electron chi connectivity index (χ4n) is 7.18. The molecule has 1 saturated carbocycles. The molecule has 0 spiro atoms. The second-order valence-electron chi connectivity index (χ2n) is 12.2. The molecule has 1 aliphatic heterocycles. The summed E-state index contributed by atoms with van der Waals surface area (Å²) in [5, 5.41) is 44.4. The molecule has 0 amide bonds. The molecule has 226 valence electrons. The lowest BCUT2D eigenvalue weighted by atomic mass is 9.71. The highest BCUT2D eigenvalue weighted by Gasteiger charge is 2.37. The van der Waals surface area contributed by atoms with Crippen molar-refractivity contribution in [2.75, 3.05) is 26.9 Å². The van der Waals surface area contributed by atoms with Crippen molar-refractivity contribution in [3.05, 3.63) is 23.3 Å². The Morgan fingerprint density at radius 1 is 1.05 bits per heavy atom. The van der Waals surface area contributed by atoms with Crippen LogP contribution in [-0.2, 0) is 16.0 Å². The molecular formula is C33H47NO7. The van der Waals surface area contributed by atoms with Gasteiger partial charge in [0.15, 0.2) is 17.3 Å². The Hall–Kier alpha value is -2.44. The van der Waals surface area contributed by atoms with Gasteiger partial charge in [0.1, 0.15) is 11.7 Å². The highest BCUT2D eigenvalue weighted by molar-refractivity contribution is 5.85. The number of hydrogen-bond donors (Lipinski definition) is 5. The first-order valence-electron chi connectivity index (χ1n) is 15.4. The van der Waals surface area contributed by atoms with Crippen molar-refractivity contribution < 1.29 is 34.8 Å². The molecule has 0 radical (unpaired) electrons. The third kappa shape index (κ3) is 8.10. The number of Topliss-reactive ketones (excluding diaryl/α,β-unsaturated/α-hetero) is 2. The lowest BCUT2D eigenvalue weighted by molar-refractivity contribution is -0.124. The number of aryl methyl sites for hydroxylation is 1. The van der Waals surface area contributed by atoms with Crippen molar-refractivity contribution in [1.29, 1.82) is 0 Å². The molecule has 1 aromatic rings. The van der Waals surface area contributed by atoms with Gasteiger partial charge in [0.2, 0.25) is 0 Å². The van der Waals surface area contributed by atoms with E-state index in [2.05, 4.69) is 17.2 Å². The van der Waals surface area contributed by atoms with Gasteiger partial charge in [0.05, 0.1) is 13.2 Å². The lowest BCUT2D eigenvalue weighted by Crippen LogP contribution is -2.50. The summed E-state index contributed by atoms with van der Waals surface area (Å²) < 4.78 is 5.29. The van der Waals surface area contributed by atoms with Gasteiger partial charge >= 0.3 is 0 Å². The normalized spacial score (nSPS) is 27.8. The van der Waals surface area contributed by atoms with E-state index in [0.29, 0.717) is 74.2 Å². The van der Waals surface area contributed by atoms with Crippen LogP contribution in [-0.4, -0.2) is 71.0 Å². The minimum absolute atomic E-state index is 0.0160. The molecule has 8 heteroatoms. The molecule has 0 aromatic heterocycles. The summed E-state index contributed by atoms with van der Waals surface area (Å²) in [5.41, 5.74) is 1.72. The van der Waals surface area contributed by atoms with Crippen LogP contribution in [0.2, 0.25) is 0 Å². The monoisotopic (exact) mass is 569 g/mol. The van der Waals surface area contributed by atoms with Gasteiger partial charge in [-0.15, -0.1) is 0 Å². The smallest absolute Gasteiger partial charge is 0.160 e. The Bertz CT molecular complexity index is 1110. The van der Waals surface area contributed by atoms with Crippen LogP contribution >= 0.6 is 0 Å². The summed E-state index contributed by atoms with van der Waals surface area (Å²) in [6.07, 6.45) is 6.98. The number of piperidine rings is 1. The van der Waals surface area contributed by atoms with E-state index < -0.39 is 12.0 Å². The van der Waals surface area contributed by atoms with Crippen LogP contribution in [0.5, 0.6) is 11.5 Å². The Morgan fingerprint density at radius 3 is 2.63 bits per heavy atom. The van der Waals surface area contributed by atoms with Crippen molar-refractivity contribution >= 4 is 11.6 Å². The van der Waals surface area contributed by atoms with Crippen molar-refractivity contribution in [3.63, 3.8) is 0 Å². The Labute approximate surface area is 243 Å². The van der Waals surface area contributed by atoms with E-state index in [0.717, 1.165) is 43.4 Å². The number of fused-ring (bicyclic) bond motifs is 2. The van der Waals surface area contributed by atoms with Gasteiger partial charge in [-0.1, -0.05) is 18.3 Å². The number of hydrogen-bond acceptors (Lipinski definition) is 8. The van der Waals surface area contributed by atoms with Crippen LogP contribution in [0.4, 0.5) is 0 Å². The number of phenols is 1. The fraction of sp³-hybridized carbons (Fsp3) is 0.697. The lowest BCUT2D eigenvalue weighted by Gasteiger charge is -2.42. The molecule has 1 aromatic carbocycles. The molecule has 8 nitrogen and oxygen atoms in total. The number of carbonyl (C=O) groups excluding carboxylic acids is 2. The molecule has 0 unspecified atom stereocenters. The maximum atomic E-state index is 13.3. The minimum atomic E-state index is -0.884. The van der Waals surface area contributed by atoms with Crippen LogP contribution in [0.1, 0.15) is 87.7 Å². The topological polar surface area (TPSA) is 136 Å². The van der Waals surface area contributed by atoms with Crippen molar-refractivity contribution in [2.24, 2.45) is 23.7 Å². The predicted molar refractivity (Wildman–Crippen MR) is 156 cm³/mol. The number of aliphatic hydroxyl groups excluding tert-OH is 3. The first kappa shape index (κ1) is 31.5. The Morgan fingerprint density at radius 2 is 1.88 bits per heavy atom. The fourth-order valence-corrected chi connectivity index (χ4v) is 7.18. The molecule has 5 N–H and O–H groups in total. The molecule has 0 bridgehead atoms. The number of phenolic OH excluding ortho intramolecular Hbond substituents is 1. The second kappa shape index (κ2) is 15.2. The van der Waals surface area contributed by atoms with E-state index in [1.54, 1.807) is 12.1 Å². The van der Waals surface area contributed by atoms with Crippen molar-refractivity contribution in [3.8, 4) is 23.3 Å². The van der Waals surface area contributed by atoms with Gasteiger partial charge < -0.3 is 30.5 Å². The molecule has 2 aliphatic carbocycles. The zero-order valence-electron chi connectivity index (χ0n) is 24.3. The summed E-state index contributed by atoms with van der Waals surface area (Å²) >= 11 is 0. The van der Waals surface area contributed by atoms with E-state index >= 15 is 0 Å². The maximum absolute atomic E-state index is 13.3. The van der Waals surface area contributed by atoms with Crippen LogP contribution in [0, 0.1) is 35.5 Å². The average Bonchev–Trinajstić information content (AvgIpc) is 3.03. The van der Waals surface area contributed by atoms with Gasteiger partial charge in [-0.3, -0.25) is 9.59 Å². The van der Waals surface area contributed by atoms with Crippen LogP contribution in [0.15, 0.2) is 12.1 Å². The van der Waals surface area contributed by atoms with Crippen molar-refractivity contribution in [2.45, 2.75) is 95.1 Å². The number of rotatable bonds is 12. The van der Waals surface area contributed by atoms with Gasteiger partial charge in [-0.2, -0.15) is 0 Å². The van der Waals surface area contributed by atoms with Gasteiger partial charge in [0, 0.05) is 44.4 Å². The van der Waals surface area contributed by atoms with Crippen molar-refractivity contribution in [1.82, 2.24) is 5.32 Å². The minimum Gasteiger partial charge on any atom is -0.504 e. The zero-order valence-corrected chi connectivity index (χ0v) is 24.3. The zero-order chi connectivity index (χ0) is 29.4. The Balaban J connectivity index is 1.40. The van der Waals surface area contributed by atoms with E-state index in [1.165, 1.54) is 7.11 Å². The number of carbonyl (C=O) groups is 2. The molecule has 7 atom stereocenters. The first-order valence-corrected chi connectivity index (χ1v) is 15.4. The molecule has 3 aliphatic rings. The summed E-state index contributed by atoms with van der Waals surface area (Å²) in [6.45, 7) is 0.995. The van der Waals surface area contributed by atoms with E-state index in [9.17, 15) is 30.0 Å². The van der Waals surface area contributed by atoms with Gasteiger partial charge in [-0.05, 0) is 98.9 Å². The molecule has 1 saturated heterocycles. The molecule has 4 rings (SSSR count). The molecular weight excluding hydrogens is 522 g/mol. The summed E-state index contributed by atoms with van der Waals surface area (Å²) in [4.78, 5) is 25.1. The average molecular weight is 570 g/mol. The van der Waals surface area contributed by atoms with Gasteiger partial charge in [0.25, 0.3) is 0 Å². The quantitative estimate of drug-likeness (QED) is 0.242. The molecule has 1 heterocycles. The third-order valence-corrected chi connectivity index (χ3v) is 9.55. The van der Waals surface area contributed by atoms with E-state index in [1.807, 2.05) is 0 Å². The van der Waals surface area contributed by atoms with E-state index in [-0.39, 0.29) is 43.1 Å². The van der Waals surface area contributed by atoms with Crippen LogP contribution in [0.25, 0.3) is 0 Å². The molecule has 2 fully saturated rings. The summed E-state index contributed by atoms with van der Waals surface area (Å²) in [6, 6.07) is 3.70. The van der Waals surface area contributed by atoms with Crippen LogP contribution in [0.3, 0.4) is 0 Å². The highest BCUT2D eigenvalue weighted by atomic mass is 16.5.